The molecule has 3 unspecified atom stereocenters. The van der Waals surface area contributed by atoms with Crippen LogP contribution in [-0.2, 0) is 32.0 Å². The zero-order chi connectivity index (χ0) is 23.8. The number of ether oxygens (including phenoxy) is 1. The monoisotopic (exact) mass is 468 g/mol. The number of ketones is 2. The van der Waals surface area contributed by atoms with Gasteiger partial charge in [-0.05, 0) is 54.9 Å². The predicted molar refractivity (Wildman–Crippen MR) is 130 cm³/mol. The Morgan fingerprint density at radius 1 is 1.09 bits per heavy atom. The average molecular weight is 469 g/mol. The fraction of sp³-hybridized carbons (Fsp3) is 0.464. The predicted octanol–water partition coefficient (Wildman–Crippen LogP) is 6.17. The van der Waals surface area contributed by atoms with E-state index in [1.165, 1.54) is 0 Å². The first-order chi connectivity index (χ1) is 15.9. The summed E-state index contributed by atoms with van der Waals surface area (Å²) >= 11 is 6.15. The molecule has 0 spiro atoms. The molecule has 0 radical (unpaired) electrons. The van der Waals surface area contributed by atoms with Gasteiger partial charge in [-0.15, -0.1) is 0 Å². The van der Waals surface area contributed by atoms with Crippen LogP contribution in [0.25, 0.3) is 0 Å². The van der Waals surface area contributed by atoms with Crippen LogP contribution in [0, 0.1) is 11.8 Å². The Morgan fingerprint density at radius 2 is 1.82 bits per heavy atom. The van der Waals surface area contributed by atoms with Gasteiger partial charge in [0.15, 0.2) is 17.5 Å². The number of halogens is 1. The Hall–Kier alpha value is -2.46. The van der Waals surface area contributed by atoms with Crippen LogP contribution in [0.4, 0.5) is 0 Å². The maximum absolute atomic E-state index is 13.3. The highest BCUT2D eigenvalue weighted by molar-refractivity contribution is 6.30. The van der Waals surface area contributed by atoms with E-state index in [4.69, 9.17) is 16.3 Å². The first-order valence-corrected chi connectivity index (χ1v) is 12.3. The molecule has 2 aromatic carbocycles. The summed E-state index contributed by atoms with van der Waals surface area (Å²) in [6.07, 6.45) is 5.03. The Bertz CT molecular complexity index is 951. The van der Waals surface area contributed by atoms with Gasteiger partial charge in [0.1, 0.15) is 5.60 Å². The van der Waals surface area contributed by atoms with Crippen molar-refractivity contribution in [3.8, 4) is 0 Å². The summed E-state index contributed by atoms with van der Waals surface area (Å²) in [5, 5.41) is 0.655. The van der Waals surface area contributed by atoms with Crippen molar-refractivity contribution in [2.24, 2.45) is 11.8 Å². The molecule has 1 aliphatic heterocycles. The van der Waals surface area contributed by atoms with Crippen LogP contribution in [0.15, 0.2) is 54.6 Å². The number of carbonyl (C=O) groups is 3. The zero-order valence-corrected chi connectivity index (χ0v) is 20.3. The number of rotatable bonds is 11. The van der Waals surface area contributed by atoms with E-state index in [9.17, 15) is 14.4 Å². The molecule has 5 heteroatoms. The van der Waals surface area contributed by atoms with Crippen molar-refractivity contribution >= 4 is 29.1 Å². The Labute approximate surface area is 201 Å². The highest BCUT2D eigenvalue weighted by Crippen LogP contribution is 2.41. The lowest BCUT2D eigenvalue weighted by Gasteiger charge is -2.44. The summed E-state index contributed by atoms with van der Waals surface area (Å²) in [4.78, 5) is 39.3. The molecular weight excluding hydrogens is 436 g/mol. The van der Waals surface area contributed by atoms with Crippen molar-refractivity contribution in [3.63, 3.8) is 0 Å². The smallest absolute Gasteiger partial charge is 0.324 e. The van der Waals surface area contributed by atoms with Gasteiger partial charge in [0, 0.05) is 17.9 Å². The van der Waals surface area contributed by atoms with Gasteiger partial charge in [-0.2, -0.15) is 0 Å². The zero-order valence-electron chi connectivity index (χ0n) is 19.5. The van der Waals surface area contributed by atoms with Crippen LogP contribution in [0.2, 0.25) is 5.02 Å². The molecule has 0 aromatic heterocycles. The van der Waals surface area contributed by atoms with Crippen molar-refractivity contribution in [3.05, 3.63) is 70.7 Å². The molecule has 3 rings (SSSR count). The molecule has 0 saturated carbocycles. The van der Waals surface area contributed by atoms with Crippen molar-refractivity contribution < 1.29 is 19.1 Å². The van der Waals surface area contributed by atoms with Gasteiger partial charge in [0.05, 0.1) is 0 Å². The molecule has 1 fully saturated rings. The molecule has 1 saturated heterocycles. The van der Waals surface area contributed by atoms with E-state index in [2.05, 4.69) is 13.8 Å². The van der Waals surface area contributed by atoms with Gasteiger partial charge in [0.25, 0.3) is 0 Å². The number of benzene rings is 2. The van der Waals surface area contributed by atoms with E-state index in [0.717, 1.165) is 36.8 Å². The largest absolute Gasteiger partial charge is 0.457 e. The highest BCUT2D eigenvalue weighted by atomic mass is 35.5. The third-order valence-electron chi connectivity index (χ3n) is 6.75. The number of cyclic esters (lactones) is 1. The number of carbonyl (C=O) groups excluding carboxylic acids is 3. The summed E-state index contributed by atoms with van der Waals surface area (Å²) in [5.41, 5.74) is 0.942. The van der Waals surface area contributed by atoms with Gasteiger partial charge in [-0.25, -0.2) is 0 Å². The standard InChI is InChI=1S/C28H33ClO4/c1-3-5-13-22(4-2)28(16-15-21-12-9-14-23(29)17-21)19-25(31)26(27(32)33-28)24(30)18-20-10-7-6-8-11-20/h6-12,14,17,22,26H,3-5,13,15-16,18-19H2,1-2H3. The maximum atomic E-state index is 13.3. The van der Waals surface area contributed by atoms with Gasteiger partial charge < -0.3 is 4.74 Å². The van der Waals surface area contributed by atoms with Crippen molar-refractivity contribution in [1.82, 2.24) is 0 Å². The number of unbranched alkanes of at least 4 members (excludes halogenated alkanes) is 1. The quantitative estimate of drug-likeness (QED) is 0.292. The molecule has 176 valence electrons. The maximum Gasteiger partial charge on any atom is 0.324 e. The number of hydrogen-bond donors (Lipinski definition) is 0. The minimum atomic E-state index is -1.33. The van der Waals surface area contributed by atoms with Gasteiger partial charge in [-0.3, -0.25) is 14.4 Å². The molecule has 0 amide bonds. The molecule has 2 aromatic rings. The topological polar surface area (TPSA) is 60.4 Å². The highest BCUT2D eigenvalue weighted by Gasteiger charge is 2.52. The van der Waals surface area contributed by atoms with E-state index >= 15 is 0 Å². The summed E-state index contributed by atoms with van der Waals surface area (Å²) in [5.74, 6) is -2.65. The molecule has 4 nitrogen and oxygen atoms in total. The second kappa shape index (κ2) is 11.6. The van der Waals surface area contributed by atoms with E-state index in [1.54, 1.807) is 0 Å². The molecule has 0 N–H and O–H groups in total. The van der Waals surface area contributed by atoms with Crippen molar-refractivity contribution in [2.45, 2.75) is 70.8 Å². The molecule has 33 heavy (non-hydrogen) atoms. The Balaban J connectivity index is 1.82. The third kappa shape index (κ3) is 6.32. The fourth-order valence-electron chi connectivity index (χ4n) is 4.94. The Morgan fingerprint density at radius 3 is 2.45 bits per heavy atom. The molecule has 0 aliphatic carbocycles. The van der Waals surface area contributed by atoms with Crippen molar-refractivity contribution in [2.75, 3.05) is 0 Å². The average Bonchev–Trinajstić information content (AvgIpc) is 2.78. The molecule has 3 atom stereocenters. The lowest BCUT2D eigenvalue weighted by molar-refractivity contribution is -0.187. The summed E-state index contributed by atoms with van der Waals surface area (Å²) in [6.45, 7) is 4.20. The van der Waals surface area contributed by atoms with E-state index in [-0.39, 0.29) is 30.3 Å². The molecular formula is C28H33ClO4. The van der Waals surface area contributed by atoms with E-state index < -0.39 is 17.5 Å². The number of hydrogen-bond acceptors (Lipinski definition) is 4. The molecule has 0 bridgehead atoms. The first-order valence-electron chi connectivity index (χ1n) is 11.9. The normalized spacial score (nSPS) is 21.5. The minimum Gasteiger partial charge on any atom is -0.457 e. The first kappa shape index (κ1) is 25.2. The van der Waals surface area contributed by atoms with E-state index in [0.29, 0.717) is 17.9 Å². The molecule has 1 aliphatic rings. The number of aryl methyl sites for hydroxylation is 1. The van der Waals surface area contributed by atoms with Crippen LogP contribution in [0.1, 0.15) is 63.5 Å². The molecule has 1 heterocycles. The summed E-state index contributed by atoms with van der Waals surface area (Å²) < 4.78 is 6.10. The van der Waals surface area contributed by atoms with E-state index in [1.807, 2.05) is 54.6 Å². The van der Waals surface area contributed by atoms with Gasteiger partial charge >= 0.3 is 5.97 Å². The number of esters is 1. The lowest BCUT2D eigenvalue weighted by atomic mass is 9.71. The Kier molecular flexibility index (Phi) is 8.85. The fourth-order valence-corrected chi connectivity index (χ4v) is 5.16. The minimum absolute atomic E-state index is 0.0505. The van der Waals surface area contributed by atoms with Crippen molar-refractivity contribution in [1.29, 1.82) is 0 Å². The summed E-state index contributed by atoms with van der Waals surface area (Å²) in [7, 11) is 0. The summed E-state index contributed by atoms with van der Waals surface area (Å²) in [6, 6.07) is 16.8. The second-order valence-corrected chi connectivity index (χ2v) is 9.50. The number of Topliss-reactive ketones (excluding diaryl/α,β-unsaturated/α-hetero) is 2. The van der Waals surface area contributed by atoms with Gasteiger partial charge in [0.2, 0.25) is 0 Å². The SMILES string of the molecule is CCCCC(CC)C1(CCc2cccc(Cl)c2)CC(=O)C(C(=O)Cc2ccccc2)C(=O)O1. The van der Waals surface area contributed by atoms with Crippen LogP contribution >= 0.6 is 11.6 Å². The van der Waals surface area contributed by atoms with Crippen LogP contribution < -0.4 is 0 Å². The lowest BCUT2D eigenvalue weighted by Crippen LogP contribution is -2.54. The third-order valence-corrected chi connectivity index (χ3v) is 6.98. The van der Waals surface area contributed by atoms with Gasteiger partial charge in [-0.1, -0.05) is 80.8 Å². The second-order valence-electron chi connectivity index (χ2n) is 9.07. The van der Waals surface area contributed by atoms with Crippen LogP contribution in [0.5, 0.6) is 0 Å². The van der Waals surface area contributed by atoms with Crippen LogP contribution in [-0.4, -0.2) is 23.1 Å². The van der Waals surface area contributed by atoms with Crippen LogP contribution in [0.3, 0.4) is 0 Å².